The Balaban J connectivity index is 1.78. The Morgan fingerprint density at radius 2 is 2.11 bits per heavy atom. The number of ketones is 1. The lowest BCUT2D eigenvalue weighted by molar-refractivity contribution is 0.0954. The van der Waals surface area contributed by atoms with Gasteiger partial charge in [0.25, 0.3) is 0 Å². The molecular formula is C14H17N3O2. The van der Waals surface area contributed by atoms with E-state index >= 15 is 0 Å². The molecule has 5 nitrogen and oxygen atoms in total. The Kier molecular flexibility index (Phi) is 3.21. The van der Waals surface area contributed by atoms with Crippen LogP contribution in [0.4, 0.5) is 0 Å². The van der Waals surface area contributed by atoms with Crippen molar-refractivity contribution in [3.8, 4) is 0 Å². The van der Waals surface area contributed by atoms with Crippen LogP contribution in [-0.4, -0.2) is 28.8 Å². The number of aromatic amines is 2. The van der Waals surface area contributed by atoms with Crippen LogP contribution in [0.5, 0.6) is 0 Å². The van der Waals surface area contributed by atoms with Gasteiger partial charge in [-0.25, -0.2) is 4.79 Å². The van der Waals surface area contributed by atoms with Crippen molar-refractivity contribution in [3.63, 3.8) is 0 Å². The summed E-state index contributed by atoms with van der Waals surface area (Å²) in [5.41, 5.74) is 1.86. The maximum atomic E-state index is 12.2. The molecule has 0 radical (unpaired) electrons. The van der Waals surface area contributed by atoms with E-state index in [2.05, 4.69) is 15.3 Å². The van der Waals surface area contributed by atoms with E-state index in [0.717, 1.165) is 31.4 Å². The van der Waals surface area contributed by atoms with Gasteiger partial charge in [0.05, 0.1) is 11.0 Å². The van der Waals surface area contributed by atoms with Crippen molar-refractivity contribution >= 4 is 16.8 Å². The van der Waals surface area contributed by atoms with Crippen molar-refractivity contribution < 1.29 is 4.79 Å². The molecule has 1 unspecified atom stereocenters. The van der Waals surface area contributed by atoms with Gasteiger partial charge in [0.2, 0.25) is 0 Å². The van der Waals surface area contributed by atoms with Crippen molar-refractivity contribution in [2.75, 3.05) is 13.1 Å². The summed E-state index contributed by atoms with van der Waals surface area (Å²) in [7, 11) is 0. The number of nitrogens with one attached hydrogen (secondary N) is 3. The van der Waals surface area contributed by atoms with Gasteiger partial charge < -0.3 is 15.3 Å². The summed E-state index contributed by atoms with van der Waals surface area (Å²) in [5.74, 6) is 0.583. The summed E-state index contributed by atoms with van der Waals surface area (Å²) in [6.45, 7) is 1.98. The molecular weight excluding hydrogens is 242 g/mol. The highest BCUT2D eigenvalue weighted by Gasteiger charge is 2.18. The topological polar surface area (TPSA) is 77.8 Å². The number of imidazole rings is 1. The van der Waals surface area contributed by atoms with Gasteiger partial charge in [-0.05, 0) is 50.0 Å². The summed E-state index contributed by atoms with van der Waals surface area (Å²) in [6, 6.07) is 5.32. The molecule has 3 N–H and O–H groups in total. The molecule has 1 aromatic heterocycles. The maximum absolute atomic E-state index is 12.2. The molecule has 5 heteroatoms. The fourth-order valence-corrected chi connectivity index (χ4v) is 2.68. The Hall–Kier alpha value is -1.88. The van der Waals surface area contributed by atoms with Gasteiger partial charge in [0, 0.05) is 12.0 Å². The first-order chi connectivity index (χ1) is 9.22. The van der Waals surface area contributed by atoms with Crippen LogP contribution in [0.2, 0.25) is 0 Å². The highest BCUT2D eigenvalue weighted by molar-refractivity contribution is 5.98. The van der Waals surface area contributed by atoms with Crippen LogP contribution in [0.15, 0.2) is 23.0 Å². The molecule has 1 atom stereocenters. The van der Waals surface area contributed by atoms with Crippen LogP contribution in [0.1, 0.15) is 29.6 Å². The highest BCUT2D eigenvalue weighted by atomic mass is 16.1. The minimum atomic E-state index is -0.240. The molecule has 2 aromatic rings. The number of piperidine rings is 1. The SMILES string of the molecule is O=C(CC1CCCNC1)c1ccc2[nH]c(=O)[nH]c2c1. The van der Waals surface area contributed by atoms with E-state index < -0.39 is 0 Å². The number of carbonyl (C=O) groups is 1. The van der Waals surface area contributed by atoms with Gasteiger partial charge in [-0.15, -0.1) is 0 Å². The lowest BCUT2D eigenvalue weighted by Gasteiger charge is -2.21. The number of benzene rings is 1. The predicted molar refractivity (Wildman–Crippen MR) is 73.5 cm³/mol. The van der Waals surface area contributed by atoms with Crippen LogP contribution in [0, 0.1) is 5.92 Å². The molecule has 3 rings (SSSR count). The van der Waals surface area contributed by atoms with Gasteiger partial charge >= 0.3 is 5.69 Å². The zero-order valence-corrected chi connectivity index (χ0v) is 10.7. The Morgan fingerprint density at radius 3 is 2.89 bits per heavy atom. The highest BCUT2D eigenvalue weighted by Crippen LogP contribution is 2.18. The number of H-pyrrole nitrogens is 2. The Bertz CT molecular complexity index is 650. The van der Waals surface area contributed by atoms with E-state index in [9.17, 15) is 9.59 Å². The molecule has 0 spiro atoms. The fraction of sp³-hybridized carbons (Fsp3) is 0.429. The maximum Gasteiger partial charge on any atom is 0.323 e. The van der Waals surface area contributed by atoms with E-state index in [1.807, 2.05) is 0 Å². The third-order valence-electron chi connectivity index (χ3n) is 3.71. The normalized spacial score (nSPS) is 19.7. The number of hydrogen-bond acceptors (Lipinski definition) is 3. The molecule has 0 bridgehead atoms. The summed E-state index contributed by atoms with van der Waals surface area (Å²) >= 11 is 0. The molecule has 1 fully saturated rings. The second-order valence-corrected chi connectivity index (χ2v) is 5.18. The molecule has 1 saturated heterocycles. The number of carbonyl (C=O) groups excluding carboxylic acids is 1. The van der Waals surface area contributed by atoms with Crippen molar-refractivity contribution in [1.82, 2.24) is 15.3 Å². The Labute approximate surface area is 110 Å². The lowest BCUT2D eigenvalue weighted by Crippen LogP contribution is -2.31. The molecule has 2 heterocycles. The zero-order valence-electron chi connectivity index (χ0n) is 10.7. The predicted octanol–water partition coefficient (Wildman–Crippen LogP) is 1.43. The quantitative estimate of drug-likeness (QED) is 0.730. The molecule has 1 aromatic carbocycles. The van der Waals surface area contributed by atoms with Gasteiger partial charge in [0.15, 0.2) is 5.78 Å². The molecule has 100 valence electrons. The van der Waals surface area contributed by atoms with E-state index in [4.69, 9.17) is 0 Å². The molecule has 0 saturated carbocycles. The average Bonchev–Trinajstić information content (AvgIpc) is 2.78. The minimum Gasteiger partial charge on any atom is -0.316 e. The zero-order chi connectivity index (χ0) is 13.2. The van der Waals surface area contributed by atoms with Crippen LogP contribution >= 0.6 is 0 Å². The first kappa shape index (κ1) is 12.2. The number of Topliss-reactive ketones (excluding diaryl/α,β-unsaturated/α-hetero) is 1. The summed E-state index contributed by atoms with van der Waals surface area (Å²) in [5, 5.41) is 3.32. The fourth-order valence-electron chi connectivity index (χ4n) is 2.68. The van der Waals surface area contributed by atoms with Gasteiger partial charge in [-0.2, -0.15) is 0 Å². The first-order valence-corrected chi connectivity index (χ1v) is 6.68. The largest absolute Gasteiger partial charge is 0.323 e. The number of rotatable bonds is 3. The van der Waals surface area contributed by atoms with E-state index in [0.29, 0.717) is 23.4 Å². The number of fused-ring (bicyclic) bond motifs is 1. The molecule has 0 aliphatic carbocycles. The van der Waals surface area contributed by atoms with Crippen molar-refractivity contribution in [3.05, 3.63) is 34.2 Å². The smallest absolute Gasteiger partial charge is 0.316 e. The third-order valence-corrected chi connectivity index (χ3v) is 3.71. The van der Waals surface area contributed by atoms with Gasteiger partial charge in [-0.1, -0.05) is 0 Å². The molecule has 1 aliphatic heterocycles. The van der Waals surface area contributed by atoms with Crippen molar-refractivity contribution in [2.24, 2.45) is 5.92 Å². The van der Waals surface area contributed by atoms with E-state index in [1.165, 1.54) is 0 Å². The number of hydrogen-bond donors (Lipinski definition) is 3. The van der Waals surface area contributed by atoms with Crippen LogP contribution in [0.3, 0.4) is 0 Å². The second kappa shape index (κ2) is 5.01. The van der Waals surface area contributed by atoms with E-state index in [-0.39, 0.29) is 11.5 Å². The van der Waals surface area contributed by atoms with Crippen LogP contribution in [0.25, 0.3) is 11.0 Å². The summed E-state index contributed by atoms with van der Waals surface area (Å²) in [6.07, 6.45) is 2.83. The second-order valence-electron chi connectivity index (χ2n) is 5.18. The average molecular weight is 259 g/mol. The van der Waals surface area contributed by atoms with Crippen LogP contribution in [-0.2, 0) is 0 Å². The third kappa shape index (κ3) is 2.61. The van der Waals surface area contributed by atoms with Crippen molar-refractivity contribution in [2.45, 2.75) is 19.3 Å². The van der Waals surface area contributed by atoms with Crippen LogP contribution < -0.4 is 11.0 Å². The van der Waals surface area contributed by atoms with Crippen molar-refractivity contribution in [1.29, 1.82) is 0 Å². The lowest BCUT2D eigenvalue weighted by atomic mass is 9.92. The standard InChI is InChI=1S/C14H17N3O2/c18-13(6-9-2-1-5-15-8-9)10-3-4-11-12(7-10)17-14(19)16-11/h3-4,7,9,15H,1-2,5-6,8H2,(H2,16,17,19). The van der Waals surface area contributed by atoms with Gasteiger partial charge in [-0.3, -0.25) is 4.79 Å². The summed E-state index contributed by atoms with van der Waals surface area (Å²) in [4.78, 5) is 28.8. The van der Waals surface area contributed by atoms with Gasteiger partial charge in [0.1, 0.15) is 0 Å². The molecule has 19 heavy (non-hydrogen) atoms. The molecule has 0 amide bonds. The minimum absolute atomic E-state index is 0.151. The number of aromatic nitrogens is 2. The van der Waals surface area contributed by atoms with E-state index in [1.54, 1.807) is 18.2 Å². The first-order valence-electron chi connectivity index (χ1n) is 6.68. The molecule has 1 aliphatic rings. The monoisotopic (exact) mass is 259 g/mol. The Morgan fingerprint density at radius 1 is 1.26 bits per heavy atom. The summed E-state index contributed by atoms with van der Waals surface area (Å²) < 4.78 is 0.